The van der Waals surface area contributed by atoms with E-state index in [-0.39, 0.29) is 0 Å². The van der Waals surface area contributed by atoms with E-state index in [0.29, 0.717) is 13.1 Å². The number of rotatable bonds is 3. The molecule has 0 heterocycles. The van der Waals surface area contributed by atoms with Gasteiger partial charge in [-0.1, -0.05) is 4.67 Å². The van der Waals surface area contributed by atoms with E-state index >= 15 is 0 Å². The van der Waals surface area contributed by atoms with Gasteiger partial charge in [-0.15, -0.1) is 0 Å². The molecular formula is C4H12NO3P+. The van der Waals surface area contributed by atoms with Gasteiger partial charge in [0.25, 0.3) is 0 Å². The van der Waals surface area contributed by atoms with E-state index in [2.05, 4.69) is 0 Å². The Morgan fingerprint density at radius 1 is 1.33 bits per heavy atom. The first-order chi connectivity index (χ1) is 4.02. The average Bonchev–Trinajstić information content (AvgIpc) is 1.65. The van der Waals surface area contributed by atoms with Gasteiger partial charge in [0.05, 0.1) is 0 Å². The van der Waals surface area contributed by atoms with E-state index in [1.54, 1.807) is 13.8 Å². The molecular weight excluding hydrogens is 141 g/mol. The molecule has 0 saturated carbocycles. The quantitative estimate of drug-likeness (QED) is 0.571. The second kappa shape index (κ2) is 3.32. The van der Waals surface area contributed by atoms with Gasteiger partial charge in [-0.2, -0.15) is 4.57 Å². The second-order valence-electron chi connectivity index (χ2n) is 1.65. The molecule has 0 unspecified atom stereocenters. The van der Waals surface area contributed by atoms with Gasteiger partial charge in [-0.3, -0.25) is 9.79 Å². The summed E-state index contributed by atoms with van der Waals surface area (Å²) in [6.45, 7) is 4.20. The summed E-state index contributed by atoms with van der Waals surface area (Å²) < 4.78 is 11.5. The van der Waals surface area contributed by atoms with Crippen LogP contribution in [0.3, 0.4) is 0 Å². The van der Waals surface area contributed by atoms with E-state index in [1.807, 2.05) is 0 Å². The molecule has 0 fully saturated rings. The van der Waals surface area contributed by atoms with Crippen LogP contribution in [0.25, 0.3) is 0 Å². The van der Waals surface area contributed by atoms with E-state index in [1.165, 1.54) is 0 Å². The van der Waals surface area contributed by atoms with Crippen molar-refractivity contribution in [2.75, 3.05) is 13.1 Å². The Kier molecular flexibility index (Phi) is 3.36. The summed E-state index contributed by atoms with van der Waals surface area (Å²) >= 11 is 0. The molecule has 4 nitrogen and oxygen atoms in total. The van der Waals surface area contributed by atoms with Crippen LogP contribution in [0, 0.1) is 0 Å². The first-order valence-electron chi connectivity index (χ1n) is 2.83. The molecule has 0 amide bonds. The van der Waals surface area contributed by atoms with Crippen molar-refractivity contribution >= 4 is 7.75 Å². The molecule has 0 spiro atoms. The van der Waals surface area contributed by atoms with E-state index < -0.39 is 7.75 Å². The van der Waals surface area contributed by atoms with Gasteiger partial charge in [0.1, 0.15) is 13.1 Å². The standard InChI is InChI=1S/C4H12NO3P/c1-3-5(4-2)9(6,7)8/h3-4H2,1-2H3,(H2,6,7,8)/q+1. The largest absolute Gasteiger partial charge is 0.573 e. The minimum absolute atomic E-state index is 0.390. The Morgan fingerprint density at radius 2 is 1.67 bits per heavy atom. The molecule has 5 heteroatoms. The smallest absolute Gasteiger partial charge is 0.275 e. The summed E-state index contributed by atoms with van der Waals surface area (Å²) in [6.07, 6.45) is 0. The van der Waals surface area contributed by atoms with E-state index in [0.717, 1.165) is 4.67 Å². The highest BCUT2D eigenvalue weighted by Crippen LogP contribution is 2.36. The van der Waals surface area contributed by atoms with Gasteiger partial charge in [0, 0.05) is 0 Å². The molecule has 0 aliphatic carbocycles. The predicted molar refractivity (Wildman–Crippen MR) is 35.3 cm³/mol. The lowest BCUT2D eigenvalue weighted by atomic mass is 10.7. The van der Waals surface area contributed by atoms with Gasteiger partial charge in [0.2, 0.25) is 0 Å². The summed E-state index contributed by atoms with van der Waals surface area (Å²) in [5.41, 5.74) is 0. The van der Waals surface area contributed by atoms with Crippen LogP contribution in [0.2, 0.25) is 0 Å². The van der Waals surface area contributed by atoms with Crippen molar-refractivity contribution < 1.29 is 14.4 Å². The second-order valence-corrected chi connectivity index (χ2v) is 3.24. The normalized spacial score (nSPS) is 12.6. The van der Waals surface area contributed by atoms with Crippen LogP contribution in [-0.2, 0) is 4.57 Å². The SMILES string of the molecule is CC[N+](CC)P(=O)(O)O. The summed E-state index contributed by atoms with van der Waals surface area (Å²) in [4.78, 5) is 17.0. The Balaban J connectivity index is 3.96. The maximum absolute atomic E-state index is 10.4. The molecule has 0 aromatic heterocycles. The minimum Gasteiger partial charge on any atom is -0.275 e. The highest BCUT2D eigenvalue weighted by atomic mass is 31.2. The van der Waals surface area contributed by atoms with E-state index in [9.17, 15) is 4.57 Å². The van der Waals surface area contributed by atoms with Crippen molar-refractivity contribution in [3.63, 3.8) is 0 Å². The average molecular weight is 153 g/mol. The van der Waals surface area contributed by atoms with Crippen LogP contribution in [0.5, 0.6) is 0 Å². The van der Waals surface area contributed by atoms with Gasteiger partial charge in [0.15, 0.2) is 0 Å². The van der Waals surface area contributed by atoms with Crippen LogP contribution in [-0.4, -0.2) is 22.9 Å². The van der Waals surface area contributed by atoms with E-state index in [4.69, 9.17) is 9.79 Å². The number of hydrogen-bond acceptors (Lipinski definition) is 1. The summed E-state index contributed by atoms with van der Waals surface area (Å²) in [7, 11) is -3.94. The number of hydrogen-bond donors (Lipinski definition) is 2. The molecule has 1 radical (unpaired) electrons. The van der Waals surface area contributed by atoms with Gasteiger partial charge in [-0.05, 0) is 13.8 Å². The molecule has 0 atom stereocenters. The van der Waals surface area contributed by atoms with Crippen molar-refractivity contribution in [3.8, 4) is 0 Å². The van der Waals surface area contributed by atoms with Gasteiger partial charge >= 0.3 is 7.75 Å². The highest BCUT2D eigenvalue weighted by Gasteiger charge is 2.33. The van der Waals surface area contributed by atoms with Crippen molar-refractivity contribution in [3.05, 3.63) is 0 Å². The molecule has 0 aliphatic heterocycles. The lowest BCUT2D eigenvalue weighted by Crippen LogP contribution is -2.25. The van der Waals surface area contributed by atoms with Crippen molar-refractivity contribution in [2.45, 2.75) is 13.8 Å². The Labute approximate surface area is 54.7 Å². The van der Waals surface area contributed by atoms with Crippen LogP contribution < -0.4 is 4.67 Å². The first-order valence-corrected chi connectivity index (χ1v) is 4.39. The lowest BCUT2D eigenvalue weighted by molar-refractivity contribution is 0.323. The minimum atomic E-state index is -3.94. The molecule has 9 heavy (non-hydrogen) atoms. The maximum atomic E-state index is 10.4. The zero-order chi connectivity index (χ0) is 7.49. The third-order valence-electron chi connectivity index (χ3n) is 1.10. The van der Waals surface area contributed by atoms with Gasteiger partial charge < -0.3 is 0 Å². The fraction of sp³-hybridized carbons (Fsp3) is 1.00. The Bertz CT molecular complexity index is 117. The van der Waals surface area contributed by atoms with Crippen LogP contribution in [0.1, 0.15) is 13.8 Å². The third-order valence-corrected chi connectivity index (χ3v) is 2.40. The third kappa shape index (κ3) is 2.96. The highest BCUT2D eigenvalue weighted by molar-refractivity contribution is 7.50. The van der Waals surface area contributed by atoms with Crippen molar-refractivity contribution in [1.29, 1.82) is 0 Å². The summed E-state index contributed by atoms with van der Waals surface area (Å²) in [5, 5.41) is 0. The first kappa shape index (κ1) is 9.11. The lowest BCUT2D eigenvalue weighted by Gasteiger charge is -2.06. The van der Waals surface area contributed by atoms with Crippen LogP contribution in [0.15, 0.2) is 0 Å². The van der Waals surface area contributed by atoms with Crippen molar-refractivity contribution in [2.24, 2.45) is 0 Å². The summed E-state index contributed by atoms with van der Waals surface area (Å²) in [5.74, 6) is 0. The molecule has 0 bridgehead atoms. The molecule has 0 aromatic rings. The zero-order valence-electron chi connectivity index (χ0n) is 5.61. The van der Waals surface area contributed by atoms with Crippen molar-refractivity contribution in [1.82, 2.24) is 4.67 Å². The zero-order valence-corrected chi connectivity index (χ0v) is 6.51. The number of nitrogens with zero attached hydrogens (tertiary/aromatic N) is 1. The molecule has 2 N–H and O–H groups in total. The van der Waals surface area contributed by atoms with Gasteiger partial charge in [-0.25, -0.2) is 0 Å². The molecule has 0 saturated heterocycles. The molecule has 0 rings (SSSR count). The predicted octanol–water partition coefficient (Wildman–Crippen LogP) is 0.259. The molecule has 0 aliphatic rings. The Hall–Kier alpha value is 0.110. The summed E-state index contributed by atoms with van der Waals surface area (Å²) in [6, 6.07) is 0. The van der Waals surface area contributed by atoms with Crippen LogP contribution in [0.4, 0.5) is 0 Å². The molecule has 0 aromatic carbocycles. The van der Waals surface area contributed by atoms with Crippen LogP contribution >= 0.6 is 7.75 Å². The Morgan fingerprint density at radius 3 is 1.67 bits per heavy atom. The monoisotopic (exact) mass is 153 g/mol. The fourth-order valence-electron chi connectivity index (χ4n) is 0.592. The maximum Gasteiger partial charge on any atom is 0.573 e. The topological polar surface area (TPSA) is 63.4 Å². The molecule has 55 valence electrons. The fourth-order valence-corrected chi connectivity index (χ4v) is 1.33.